The quantitative estimate of drug-likeness (QED) is 0.751. The molecule has 7 nitrogen and oxygen atoms in total. The first-order chi connectivity index (χ1) is 9.88. The summed E-state index contributed by atoms with van der Waals surface area (Å²) in [6.07, 6.45) is -1.47. The van der Waals surface area contributed by atoms with Crippen molar-refractivity contribution in [1.29, 1.82) is 0 Å². The molecule has 21 heavy (non-hydrogen) atoms. The van der Waals surface area contributed by atoms with E-state index in [0.717, 1.165) is 19.1 Å². The van der Waals surface area contributed by atoms with Gasteiger partial charge in [-0.1, -0.05) is 0 Å². The summed E-state index contributed by atoms with van der Waals surface area (Å²) in [6, 6.07) is 4.89. The van der Waals surface area contributed by atoms with Crippen LogP contribution in [0.25, 0.3) is 11.3 Å². The fourth-order valence-electron chi connectivity index (χ4n) is 1.62. The molecular formula is C13H10FNO6. The molecule has 0 saturated heterocycles. The minimum absolute atomic E-state index is 0.157. The zero-order chi connectivity index (χ0) is 15.6. The Morgan fingerprint density at radius 3 is 2.43 bits per heavy atom. The molecular weight excluding hydrogens is 285 g/mol. The standard InChI is InChI=1S/C13H10FNO6/c1-6(16)20-11-9(17)10(21-12(11)15-13(18)19)7-2-4-8(14)5-3-7/h2-5,15,17H,1H3,(H,18,19). The molecule has 110 valence electrons. The van der Waals surface area contributed by atoms with Crippen molar-refractivity contribution < 1.29 is 33.3 Å². The summed E-state index contributed by atoms with van der Waals surface area (Å²) >= 11 is 0. The molecule has 1 heterocycles. The second-order valence-corrected chi connectivity index (χ2v) is 3.97. The third kappa shape index (κ3) is 3.11. The van der Waals surface area contributed by atoms with Crippen LogP contribution in [0.15, 0.2) is 28.7 Å². The van der Waals surface area contributed by atoms with Crippen LogP contribution in [0.3, 0.4) is 0 Å². The molecule has 1 amide bonds. The maximum Gasteiger partial charge on any atom is 0.411 e. The first-order valence-electron chi connectivity index (χ1n) is 5.68. The predicted octanol–water partition coefficient (Wildman–Crippen LogP) is 2.81. The maximum absolute atomic E-state index is 12.9. The second kappa shape index (κ2) is 5.53. The highest BCUT2D eigenvalue weighted by atomic mass is 19.1. The Kier molecular flexibility index (Phi) is 3.79. The predicted molar refractivity (Wildman–Crippen MR) is 68.7 cm³/mol. The van der Waals surface area contributed by atoms with Gasteiger partial charge in [-0.05, 0) is 24.3 Å². The number of amides is 1. The Morgan fingerprint density at radius 2 is 1.90 bits per heavy atom. The molecule has 2 rings (SSSR count). The Bertz CT molecular complexity index is 691. The molecule has 0 aliphatic rings. The molecule has 3 N–H and O–H groups in total. The van der Waals surface area contributed by atoms with Crippen LogP contribution in [0.4, 0.5) is 15.1 Å². The maximum atomic E-state index is 12.9. The number of hydrogen-bond donors (Lipinski definition) is 3. The van der Waals surface area contributed by atoms with E-state index in [1.165, 1.54) is 12.1 Å². The number of esters is 1. The third-order valence-corrected chi connectivity index (χ3v) is 2.41. The van der Waals surface area contributed by atoms with Gasteiger partial charge in [-0.15, -0.1) is 0 Å². The molecule has 1 aromatic heterocycles. The highest BCUT2D eigenvalue weighted by Gasteiger charge is 2.25. The van der Waals surface area contributed by atoms with Crippen LogP contribution in [0.2, 0.25) is 0 Å². The van der Waals surface area contributed by atoms with E-state index in [4.69, 9.17) is 14.3 Å². The van der Waals surface area contributed by atoms with E-state index >= 15 is 0 Å². The number of aromatic hydroxyl groups is 1. The molecule has 0 fully saturated rings. The van der Waals surface area contributed by atoms with Crippen LogP contribution in [0, 0.1) is 5.82 Å². The first-order valence-corrected chi connectivity index (χ1v) is 5.68. The van der Waals surface area contributed by atoms with E-state index in [1.54, 1.807) is 0 Å². The van der Waals surface area contributed by atoms with Crippen LogP contribution in [0.5, 0.6) is 11.5 Å². The van der Waals surface area contributed by atoms with Crippen molar-refractivity contribution in [2.75, 3.05) is 5.32 Å². The SMILES string of the molecule is CC(=O)Oc1c(NC(=O)O)oc(-c2ccc(F)cc2)c1O. The van der Waals surface area contributed by atoms with Gasteiger partial charge in [0.05, 0.1) is 0 Å². The smallest absolute Gasteiger partial charge is 0.411 e. The monoisotopic (exact) mass is 295 g/mol. The number of benzene rings is 1. The van der Waals surface area contributed by atoms with Crippen molar-refractivity contribution in [3.63, 3.8) is 0 Å². The Morgan fingerprint density at radius 1 is 1.29 bits per heavy atom. The van der Waals surface area contributed by atoms with E-state index in [2.05, 4.69) is 0 Å². The van der Waals surface area contributed by atoms with Gasteiger partial charge >= 0.3 is 12.1 Å². The summed E-state index contributed by atoms with van der Waals surface area (Å²) in [4.78, 5) is 21.7. The lowest BCUT2D eigenvalue weighted by Gasteiger charge is -2.01. The van der Waals surface area contributed by atoms with Gasteiger partial charge in [-0.25, -0.2) is 9.18 Å². The number of halogens is 1. The first kappa shape index (κ1) is 14.4. The van der Waals surface area contributed by atoms with Gasteiger partial charge in [0.1, 0.15) is 5.82 Å². The molecule has 0 radical (unpaired) electrons. The minimum atomic E-state index is -1.47. The van der Waals surface area contributed by atoms with Gasteiger partial charge in [0.2, 0.25) is 11.5 Å². The highest BCUT2D eigenvalue weighted by Crippen LogP contribution is 2.46. The molecule has 0 aliphatic heterocycles. The molecule has 0 aliphatic carbocycles. The van der Waals surface area contributed by atoms with Crippen molar-refractivity contribution in [1.82, 2.24) is 0 Å². The Hall–Kier alpha value is -3.03. The lowest BCUT2D eigenvalue weighted by atomic mass is 10.1. The summed E-state index contributed by atoms with van der Waals surface area (Å²) in [5.41, 5.74) is 0.278. The fourth-order valence-corrected chi connectivity index (χ4v) is 1.62. The Labute approximate surface area is 117 Å². The Balaban J connectivity index is 2.51. The van der Waals surface area contributed by atoms with Crippen molar-refractivity contribution in [2.24, 2.45) is 0 Å². The van der Waals surface area contributed by atoms with E-state index < -0.39 is 35.3 Å². The summed E-state index contributed by atoms with van der Waals surface area (Å²) in [5, 5.41) is 20.5. The molecule has 0 spiro atoms. The third-order valence-electron chi connectivity index (χ3n) is 2.41. The molecule has 8 heteroatoms. The summed E-state index contributed by atoms with van der Waals surface area (Å²) in [6.45, 7) is 1.08. The number of hydrogen-bond acceptors (Lipinski definition) is 5. The summed E-state index contributed by atoms with van der Waals surface area (Å²) in [5.74, 6) is -2.90. The number of rotatable bonds is 3. The van der Waals surface area contributed by atoms with Crippen molar-refractivity contribution in [3.05, 3.63) is 30.1 Å². The topological polar surface area (TPSA) is 109 Å². The molecule has 0 saturated carbocycles. The van der Waals surface area contributed by atoms with Crippen LogP contribution in [-0.2, 0) is 4.79 Å². The highest BCUT2D eigenvalue weighted by molar-refractivity contribution is 5.88. The minimum Gasteiger partial charge on any atom is -0.502 e. The van der Waals surface area contributed by atoms with Crippen molar-refractivity contribution >= 4 is 17.9 Å². The average molecular weight is 295 g/mol. The summed E-state index contributed by atoms with van der Waals surface area (Å²) in [7, 11) is 0. The number of carbonyl (C=O) groups is 2. The van der Waals surface area contributed by atoms with Crippen LogP contribution < -0.4 is 10.1 Å². The number of anilines is 1. The molecule has 2 aromatic rings. The van der Waals surface area contributed by atoms with E-state index in [0.29, 0.717) is 0 Å². The number of ether oxygens (including phenoxy) is 1. The number of nitrogens with one attached hydrogen (secondary N) is 1. The van der Waals surface area contributed by atoms with Gasteiger partial charge in [0.15, 0.2) is 5.76 Å². The lowest BCUT2D eigenvalue weighted by molar-refractivity contribution is -0.132. The molecule has 0 atom stereocenters. The second-order valence-electron chi connectivity index (χ2n) is 3.97. The number of carbonyl (C=O) groups excluding carboxylic acids is 1. The van der Waals surface area contributed by atoms with Gasteiger partial charge in [-0.2, -0.15) is 0 Å². The van der Waals surface area contributed by atoms with Crippen LogP contribution in [0.1, 0.15) is 6.92 Å². The van der Waals surface area contributed by atoms with Gasteiger partial charge in [-0.3, -0.25) is 10.1 Å². The number of carboxylic acid groups (broad SMARTS) is 1. The van der Waals surface area contributed by atoms with E-state index in [9.17, 15) is 19.1 Å². The van der Waals surface area contributed by atoms with Crippen LogP contribution >= 0.6 is 0 Å². The van der Waals surface area contributed by atoms with Gasteiger partial charge in [0, 0.05) is 12.5 Å². The van der Waals surface area contributed by atoms with Crippen LogP contribution in [-0.4, -0.2) is 22.3 Å². The molecule has 1 aromatic carbocycles. The zero-order valence-corrected chi connectivity index (χ0v) is 10.7. The molecule has 0 bridgehead atoms. The van der Waals surface area contributed by atoms with E-state index in [1.807, 2.05) is 5.32 Å². The van der Waals surface area contributed by atoms with Crippen molar-refractivity contribution in [3.8, 4) is 22.8 Å². The van der Waals surface area contributed by atoms with Gasteiger partial charge in [0.25, 0.3) is 5.88 Å². The van der Waals surface area contributed by atoms with E-state index in [-0.39, 0.29) is 11.3 Å². The largest absolute Gasteiger partial charge is 0.502 e. The zero-order valence-electron chi connectivity index (χ0n) is 10.7. The number of furan rings is 1. The lowest BCUT2D eigenvalue weighted by Crippen LogP contribution is -2.09. The van der Waals surface area contributed by atoms with Gasteiger partial charge < -0.3 is 19.4 Å². The fraction of sp³-hybridized carbons (Fsp3) is 0.0769. The molecule has 0 unspecified atom stereocenters. The van der Waals surface area contributed by atoms with Crippen molar-refractivity contribution in [2.45, 2.75) is 6.92 Å². The summed E-state index contributed by atoms with van der Waals surface area (Å²) < 4.78 is 22.7. The average Bonchev–Trinajstić information content (AvgIpc) is 2.67. The normalized spacial score (nSPS) is 10.2.